The Morgan fingerprint density at radius 2 is 1.94 bits per heavy atom. The summed E-state index contributed by atoms with van der Waals surface area (Å²) in [5.41, 5.74) is -0.591. The number of alkyl halides is 3. The first-order valence-electron chi connectivity index (χ1n) is 4.95. The zero-order valence-electron chi connectivity index (χ0n) is 9.35. The van der Waals surface area contributed by atoms with E-state index in [1.807, 2.05) is 0 Å². The Morgan fingerprint density at radius 3 is 2.41 bits per heavy atom. The average molecular weight is 248 g/mol. The first kappa shape index (κ1) is 13.7. The van der Waals surface area contributed by atoms with Crippen molar-refractivity contribution in [2.75, 3.05) is 0 Å². The topological polar surface area (TPSA) is 20.2 Å². The second kappa shape index (κ2) is 4.87. The van der Waals surface area contributed by atoms with Crippen molar-refractivity contribution in [3.8, 4) is 0 Å². The van der Waals surface area contributed by atoms with Crippen LogP contribution < -0.4 is 0 Å². The van der Waals surface area contributed by atoms with Crippen LogP contribution in [0.15, 0.2) is 23.8 Å². The highest BCUT2D eigenvalue weighted by Crippen LogP contribution is 2.32. The molecule has 1 aromatic carbocycles. The fourth-order valence-corrected chi connectivity index (χ4v) is 1.23. The zero-order chi connectivity index (χ0) is 13.2. The Morgan fingerprint density at radius 1 is 1.35 bits per heavy atom. The number of rotatable bonds is 2. The summed E-state index contributed by atoms with van der Waals surface area (Å²) in [5.74, 6) is -1.30. The third-order valence-electron chi connectivity index (χ3n) is 2.35. The molecule has 1 unspecified atom stereocenters. The molecule has 1 aromatic rings. The van der Waals surface area contributed by atoms with Gasteiger partial charge in [0, 0.05) is 0 Å². The van der Waals surface area contributed by atoms with Crippen molar-refractivity contribution in [1.29, 1.82) is 0 Å². The van der Waals surface area contributed by atoms with Gasteiger partial charge in [-0.05, 0) is 37.1 Å². The van der Waals surface area contributed by atoms with E-state index in [2.05, 4.69) is 0 Å². The summed E-state index contributed by atoms with van der Waals surface area (Å²) in [6, 6.07) is 2.72. The molecule has 0 spiro atoms. The minimum atomic E-state index is -4.72. The summed E-state index contributed by atoms with van der Waals surface area (Å²) < 4.78 is 50.2. The number of benzene rings is 1. The van der Waals surface area contributed by atoms with Crippen molar-refractivity contribution in [1.82, 2.24) is 0 Å². The molecule has 0 saturated heterocycles. The molecule has 0 aromatic heterocycles. The molecule has 5 heteroatoms. The molecule has 0 amide bonds. The summed E-state index contributed by atoms with van der Waals surface area (Å²) in [4.78, 5) is 0. The fraction of sp³-hybridized carbons (Fsp3) is 0.333. The highest BCUT2D eigenvalue weighted by molar-refractivity contribution is 5.54. The van der Waals surface area contributed by atoms with Crippen LogP contribution in [-0.4, -0.2) is 11.2 Å². The van der Waals surface area contributed by atoms with E-state index in [0.29, 0.717) is 5.57 Å². The van der Waals surface area contributed by atoms with E-state index in [0.717, 1.165) is 12.1 Å². The van der Waals surface area contributed by atoms with Crippen LogP contribution in [0.25, 0.3) is 6.08 Å². The molecule has 0 aliphatic rings. The third kappa shape index (κ3) is 3.56. The van der Waals surface area contributed by atoms with E-state index in [9.17, 15) is 22.7 Å². The summed E-state index contributed by atoms with van der Waals surface area (Å²) >= 11 is 0. The SMILES string of the molecule is C/C(=C\c1ccc(F)c(C(F)(F)F)c1)C(C)O. The van der Waals surface area contributed by atoms with E-state index >= 15 is 0 Å². The first-order chi connectivity index (χ1) is 7.71. The van der Waals surface area contributed by atoms with E-state index in [4.69, 9.17) is 0 Å². The van der Waals surface area contributed by atoms with Crippen molar-refractivity contribution in [3.63, 3.8) is 0 Å². The molecule has 1 rings (SSSR count). The normalized spacial score (nSPS) is 14.9. The number of hydrogen-bond acceptors (Lipinski definition) is 1. The lowest BCUT2D eigenvalue weighted by atomic mass is 10.1. The predicted molar refractivity (Wildman–Crippen MR) is 56.7 cm³/mol. The third-order valence-corrected chi connectivity index (χ3v) is 2.35. The van der Waals surface area contributed by atoms with Gasteiger partial charge in [0.2, 0.25) is 0 Å². The molecule has 0 saturated carbocycles. The number of halogens is 4. The Hall–Kier alpha value is -1.36. The second-order valence-corrected chi connectivity index (χ2v) is 3.80. The van der Waals surface area contributed by atoms with Crippen LogP contribution >= 0.6 is 0 Å². The molecule has 0 heterocycles. The minimum Gasteiger partial charge on any atom is -0.389 e. The Kier molecular flexibility index (Phi) is 3.93. The van der Waals surface area contributed by atoms with E-state index in [1.165, 1.54) is 19.1 Å². The van der Waals surface area contributed by atoms with E-state index in [1.54, 1.807) is 6.92 Å². The maximum Gasteiger partial charge on any atom is 0.419 e. The van der Waals surface area contributed by atoms with Gasteiger partial charge in [-0.25, -0.2) is 4.39 Å². The van der Waals surface area contributed by atoms with Gasteiger partial charge >= 0.3 is 6.18 Å². The van der Waals surface area contributed by atoms with Crippen molar-refractivity contribution in [2.24, 2.45) is 0 Å². The average Bonchev–Trinajstić information content (AvgIpc) is 2.19. The minimum absolute atomic E-state index is 0.206. The number of hydrogen-bond donors (Lipinski definition) is 1. The van der Waals surface area contributed by atoms with Crippen LogP contribution in [0.4, 0.5) is 17.6 Å². The summed E-state index contributed by atoms with van der Waals surface area (Å²) in [6.45, 7) is 3.08. The van der Waals surface area contributed by atoms with Gasteiger partial charge in [-0.1, -0.05) is 12.1 Å². The predicted octanol–water partition coefficient (Wildman–Crippen LogP) is 3.63. The smallest absolute Gasteiger partial charge is 0.389 e. The molecule has 0 radical (unpaired) electrons. The van der Waals surface area contributed by atoms with Gasteiger partial charge in [-0.2, -0.15) is 13.2 Å². The molecule has 0 bridgehead atoms. The van der Waals surface area contributed by atoms with Crippen LogP contribution in [0.5, 0.6) is 0 Å². The van der Waals surface area contributed by atoms with Crippen molar-refractivity contribution < 1.29 is 22.7 Å². The number of aliphatic hydroxyl groups excluding tert-OH is 1. The van der Waals surface area contributed by atoms with Crippen molar-refractivity contribution >= 4 is 6.08 Å². The highest BCUT2D eigenvalue weighted by atomic mass is 19.4. The van der Waals surface area contributed by atoms with Gasteiger partial charge < -0.3 is 5.11 Å². The summed E-state index contributed by atoms with van der Waals surface area (Å²) in [5, 5.41) is 9.20. The van der Waals surface area contributed by atoms with Gasteiger partial charge in [0.15, 0.2) is 0 Å². The maximum atomic E-state index is 13.0. The van der Waals surface area contributed by atoms with Crippen LogP contribution in [-0.2, 0) is 6.18 Å². The highest BCUT2D eigenvalue weighted by Gasteiger charge is 2.34. The molecule has 0 aliphatic heterocycles. The van der Waals surface area contributed by atoms with Crippen LogP contribution in [0.1, 0.15) is 25.0 Å². The fourth-order valence-electron chi connectivity index (χ4n) is 1.23. The Balaban J connectivity index is 3.18. The second-order valence-electron chi connectivity index (χ2n) is 3.80. The zero-order valence-corrected chi connectivity index (χ0v) is 9.35. The van der Waals surface area contributed by atoms with Crippen molar-refractivity contribution in [2.45, 2.75) is 26.1 Å². The quantitative estimate of drug-likeness (QED) is 0.792. The molecule has 94 valence electrons. The molecule has 0 aliphatic carbocycles. The Labute approximate surface area is 96.4 Å². The monoisotopic (exact) mass is 248 g/mol. The van der Waals surface area contributed by atoms with Gasteiger partial charge in [-0.3, -0.25) is 0 Å². The Bertz CT molecular complexity index is 433. The summed E-state index contributed by atoms with van der Waals surface area (Å²) in [6.07, 6.45) is -4.08. The van der Waals surface area contributed by atoms with Crippen LogP contribution in [0.3, 0.4) is 0 Å². The van der Waals surface area contributed by atoms with Gasteiger partial charge in [0.1, 0.15) is 5.82 Å². The van der Waals surface area contributed by atoms with Gasteiger partial charge in [0.05, 0.1) is 11.7 Å². The largest absolute Gasteiger partial charge is 0.419 e. The molecule has 1 nitrogen and oxygen atoms in total. The van der Waals surface area contributed by atoms with Gasteiger partial charge in [-0.15, -0.1) is 0 Å². The molecule has 0 fully saturated rings. The molecular weight excluding hydrogens is 236 g/mol. The van der Waals surface area contributed by atoms with E-state index in [-0.39, 0.29) is 5.56 Å². The molecule has 1 atom stereocenters. The number of aliphatic hydroxyl groups is 1. The maximum absolute atomic E-state index is 13.0. The van der Waals surface area contributed by atoms with Crippen LogP contribution in [0, 0.1) is 5.82 Å². The molecule has 17 heavy (non-hydrogen) atoms. The lowest BCUT2D eigenvalue weighted by Gasteiger charge is -2.09. The van der Waals surface area contributed by atoms with E-state index < -0.39 is 23.7 Å². The molecule has 1 N–H and O–H groups in total. The van der Waals surface area contributed by atoms with Gasteiger partial charge in [0.25, 0.3) is 0 Å². The first-order valence-corrected chi connectivity index (χ1v) is 4.95. The summed E-state index contributed by atoms with van der Waals surface area (Å²) in [7, 11) is 0. The standard InChI is InChI=1S/C12H12F4O/c1-7(8(2)17)5-9-3-4-11(13)10(6-9)12(14,15)16/h3-6,8,17H,1-2H3/b7-5+. The lowest BCUT2D eigenvalue weighted by molar-refractivity contribution is -0.140. The lowest BCUT2D eigenvalue weighted by Crippen LogP contribution is -2.08. The molecular formula is C12H12F4O. The van der Waals surface area contributed by atoms with Crippen molar-refractivity contribution in [3.05, 3.63) is 40.7 Å². The van der Waals surface area contributed by atoms with Crippen LogP contribution in [0.2, 0.25) is 0 Å².